The fraction of sp³-hybridized carbons (Fsp3) is 0.294. The number of ether oxygens (including phenoxy) is 2. The Labute approximate surface area is 143 Å². The molecule has 0 bridgehead atoms. The van der Waals surface area contributed by atoms with Crippen LogP contribution in [-0.4, -0.2) is 30.2 Å². The Kier molecular flexibility index (Phi) is 4.93. The molecule has 5 nitrogen and oxygen atoms in total. The summed E-state index contributed by atoms with van der Waals surface area (Å²) in [6.45, 7) is 3.15. The molecule has 0 saturated carbocycles. The van der Waals surface area contributed by atoms with Gasteiger partial charge in [0.25, 0.3) is 5.91 Å². The van der Waals surface area contributed by atoms with Crippen molar-refractivity contribution in [3.05, 3.63) is 52.1 Å². The van der Waals surface area contributed by atoms with Crippen LogP contribution in [0.25, 0.3) is 0 Å². The van der Waals surface area contributed by atoms with Crippen LogP contribution in [0.2, 0.25) is 0 Å². The molecule has 1 aromatic heterocycles. The highest BCUT2D eigenvalue weighted by Crippen LogP contribution is 2.25. The summed E-state index contributed by atoms with van der Waals surface area (Å²) in [6, 6.07) is 9.11. The summed E-state index contributed by atoms with van der Waals surface area (Å²) in [7, 11) is 0. The minimum Gasteiger partial charge on any atom is -0.471 e. The molecule has 2 aromatic rings. The van der Waals surface area contributed by atoms with E-state index in [4.69, 9.17) is 9.47 Å². The number of halogens is 1. The van der Waals surface area contributed by atoms with Gasteiger partial charge in [0.05, 0.1) is 13.2 Å². The van der Waals surface area contributed by atoms with Crippen molar-refractivity contribution in [1.29, 1.82) is 0 Å². The third kappa shape index (κ3) is 3.71. The van der Waals surface area contributed by atoms with Crippen LogP contribution in [0.15, 0.2) is 41.0 Å². The van der Waals surface area contributed by atoms with E-state index in [0.717, 1.165) is 22.1 Å². The van der Waals surface area contributed by atoms with E-state index in [1.54, 1.807) is 18.3 Å². The molecule has 1 aromatic carbocycles. The van der Waals surface area contributed by atoms with Gasteiger partial charge in [-0.15, -0.1) is 0 Å². The number of hydrogen-bond acceptors (Lipinski definition) is 4. The lowest BCUT2D eigenvalue weighted by atomic mass is 10.2. The van der Waals surface area contributed by atoms with Gasteiger partial charge in [-0.2, -0.15) is 0 Å². The van der Waals surface area contributed by atoms with Crippen LogP contribution in [0, 0.1) is 6.92 Å². The Morgan fingerprint density at radius 2 is 2.26 bits per heavy atom. The number of amides is 1. The largest absolute Gasteiger partial charge is 0.471 e. The minimum atomic E-state index is -0.242. The first kappa shape index (κ1) is 16.0. The number of nitrogens with zero attached hydrogens (tertiary/aromatic N) is 1. The summed E-state index contributed by atoms with van der Waals surface area (Å²) in [5, 5.41) is 2.91. The average Bonchev–Trinajstić information content (AvgIpc) is 3.05. The van der Waals surface area contributed by atoms with Gasteiger partial charge < -0.3 is 14.8 Å². The third-order valence-electron chi connectivity index (χ3n) is 3.70. The molecule has 0 spiro atoms. The van der Waals surface area contributed by atoms with Gasteiger partial charge in [0.1, 0.15) is 11.7 Å². The molecule has 0 radical (unpaired) electrons. The average molecular weight is 377 g/mol. The first-order valence-corrected chi connectivity index (χ1v) is 8.20. The van der Waals surface area contributed by atoms with Crippen LogP contribution in [-0.2, 0) is 4.74 Å². The number of nitrogens with one attached hydrogen (secondary N) is 1. The van der Waals surface area contributed by atoms with Crippen molar-refractivity contribution in [2.75, 3.05) is 18.5 Å². The lowest BCUT2D eigenvalue weighted by molar-refractivity contribution is 0.101. The van der Waals surface area contributed by atoms with Gasteiger partial charge in [-0.3, -0.25) is 4.79 Å². The fourth-order valence-corrected chi connectivity index (χ4v) is 2.72. The molecule has 0 aliphatic carbocycles. The molecule has 6 heteroatoms. The molecule has 1 N–H and O–H groups in total. The van der Waals surface area contributed by atoms with Crippen LogP contribution in [0.3, 0.4) is 0 Å². The Morgan fingerprint density at radius 3 is 3.04 bits per heavy atom. The van der Waals surface area contributed by atoms with Gasteiger partial charge >= 0.3 is 0 Å². The van der Waals surface area contributed by atoms with Crippen LogP contribution >= 0.6 is 15.9 Å². The second-order valence-electron chi connectivity index (χ2n) is 5.33. The van der Waals surface area contributed by atoms with E-state index in [-0.39, 0.29) is 12.0 Å². The number of aromatic nitrogens is 1. The molecule has 3 rings (SSSR count). The van der Waals surface area contributed by atoms with Crippen molar-refractivity contribution in [3.8, 4) is 5.88 Å². The lowest BCUT2D eigenvalue weighted by Gasteiger charge is -2.15. The molecule has 1 amide bonds. The second kappa shape index (κ2) is 7.10. The summed E-state index contributed by atoms with van der Waals surface area (Å²) in [4.78, 5) is 16.8. The normalized spacial score (nSPS) is 17.0. The molecule has 1 fully saturated rings. The zero-order chi connectivity index (χ0) is 16.2. The Morgan fingerprint density at radius 1 is 1.39 bits per heavy atom. The van der Waals surface area contributed by atoms with E-state index in [9.17, 15) is 4.79 Å². The van der Waals surface area contributed by atoms with E-state index in [2.05, 4.69) is 26.2 Å². The molecule has 1 aliphatic heterocycles. The molecular weight excluding hydrogens is 360 g/mol. The van der Waals surface area contributed by atoms with Crippen LogP contribution in [0.5, 0.6) is 5.88 Å². The standard InChI is InChI=1S/C17H17BrN2O3/c1-11-14(18)5-2-6-15(11)20-16(21)13-4-3-8-19-17(13)23-12-7-9-22-10-12/h2-6,8,12H,7,9-10H2,1H3,(H,20,21)/t12-/m1/s1. The Bertz CT molecular complexity index is 715. The van der Waals surface area contributed by atoms with Crippen molar-refractivity contribution >= 4 is 27.5 Å². The first-order valence-electron chi connectivity index (χ1n) is 7.41. The van der Waals surface area contributed by atoms with E-state index < -0.39 is 0 Å². The zero-order valence-corrected chi connectivity index (χ0v) is 14.3. The third-order valence-corrected chi connectivity index (χ3v) is 4.56. The van der Waals surface area contributed by atoms with Crippen molar-refractivity contribution in [2.24, 2.45) is 0 Å². The summed E-state index contributed by atoms with van der Waals surface area (Å²) in [6.07, 6.45) is 2.37. The van der Waals surface area contributed by atoms with Gasteiger partial charge in [0.15, 0.2) is 0 Å². The molecule has 23 heavy (non-hydrogen) atoms. The highest BCUT2D eigenvalue weighted by Gasteiger charge is 2.21. The van der Waals surface area contributed by atoms with Crippen molar-refractivity contribution < 1.29 is 14.3 Å². The Balaban J connectivity index is 1.80. The van der Waals surface area contributed by atoms with Gasteiger partial charge in [0, 0.05) is 22.8 Å². The maximum absolute atomic E-state index is 12.6. The molecule has 1 saturated heterocycles. The molecule has 120 valence electrons. The maximum atomic E-state index is 12.6. The number of carbonyl (C=O) groups is 1. The molecule has 2 heterocycles. The first-order chi connectivity index (χ1) is 11.1. The van der Waals surface area contributed by atoms with Gasteiger partial charge in [-0.1, -0.05) is 22.0 Å². The SMILES string of the molecule is Cc1c(Br)cccc1NC(=O)c1cccnc1O[C@@H]1CCOC1. The number of rotatable bonds is 4. The fourth-order valence-electron chi connectivity index (χ4n) is 2.35. The number of hydrogen-bond donors (Lipinski definition) is 1. The van der Waals surface area contributed by atoms with E-state index in [1.807, 2.05) is 25.1 Å². The van der Waals surface area contributed by atoms with E-state index in [1.165, 1.54) is 0 Å². The maximum Gasteiger partial charge on any atom is 0.261 e. The highest BCUT2D eigenvalue weighted by molar-refractivity contribution is 9.10. The lowest BCUT2D eigenvalue weighted by Crippen LogP contribution is -2.20. The molecular formula is C17H17BrN2O3. The van der Waals surface area contributed by atoms with Crippen LogP contribution in [0.1, 0.15) is 22.3 Å². The summed E-state index contributed by atoms with van der Waals surface area (Å²) in [5.41, 5.74) is 2.14. The van der Waals surface area contributed by atoms with Crippen molar-refractivity contribution in [1.82, 2.24) is 4.98 Å². The predicted molar refractivity (Wildman–Crippen MR) is 90.9 cm³/mol. The highest BCUT2D eigenvalue weighted by atomic mass is 79.9. The number of benzene rings is 1. The van der Waals surface area contributed by atoms with Gasteiger partial charge in [0.2, 0.25) is 5.88 Å². The monoisotopic (exact) mass is 376 g/mol. The van der Waals surface area contributed by atoms with E-state index in [0.29, 0.717) is 24.7 Å². The second-order valence-corrected chi connectivity index (χ2v) is 6.18. The molecule has 1 aliphatic rings. The van der Waals surface area contributed by atoms with Crippen molar-refractivity contribution in [2.45, 2.75) is 19.4 Å². The van der Waals surface area contributed by atoms with Gasteiger partial charge in [-0.05, 0) is 36.8 Å². The molecule has 1 atom stereocenters. The van der Waals surface area contributed by atoms with Gasteiger partial charge in [-0.25, -0.2) is 4.98 Å². The summed E-state index contributed by atoms with van der Waals surface area (Å²) in [5.74, 6) is 0.0985. The van der Waals surface area contributed by atoms with E-state index >= 15 is 0 Å². The van der Waals surface area contributed by atoms with Crippen molar-refractivity contribution in [3.63, 3.8) is 0 Å². The zero-order valence-electron chi connectivity index (χ0n) is 12.7. The summed E-state index contributed by atoms with van der Waals surface area (Å²) < 4.78 is 12.1. The minimum absolute atomic E-state index is 0.0518. The predicted octanol–water partition coefficient (Wildman–Crippen LogP) is 3.57. The summed E-state index contributed by atoms with van der Waals surface area (Å²) >= 11 is 3.46. The topological polar surface area (TPSA) is 60.5 Å². The van der Waals surface area contributed by atoms with Crippen LogP contribution < -0.4 is 10.1 Å². The molecule has 0 unspecified atom stereocenters. The Hall–Kier alpha value is -1.92. The number of pyridine rings is 1. The number of anilines is 1. The van der Waals surface area contributed by atoms with Crippen LogP contribution in [0.4, 0.5) is 5.69 Å². The number of carbonyl (C=O) groups excluding carboxylic acids is 1. The quantitative estimate of drug-likeness (QED) is 0.885. The smallest absolute Gasteiger partial charge is 0.261 e.